The summed E-state index contributed by atoms with van der Waals surface area (Å²) in [6, 6.07) is 5.76. The van der Waals surface area contributed by atoms with E-state index in [4.69, 9.17) is 16.3 Å². The third-order valence-electron chi connectivity index (χ3n) is 5.00. The number of hydrogen-bond donors (Lipinski definition) is 2. The van der Waals surface area contributed by atoms with Crippen LogP contribution in [0.3, 0.4) is 0 Å². The fraction of sp³-hybridized carbons (Fsp3) is 0.579. The number of aliphatic hydroxyl groups excluding tert-OH is 1. The lowest BCUT2D eigenvalue weighted by Gasteiger charge is -2.36. The molecule has 2 heterocycles. The van der Waals surface area contributed by atoms with Crippen LogP contribution in [-0.2, 0) is 27.7 Å². The lowest BCUT2D eigenvalue weighted by Crippen LogP contribution is -2.51. The number of aryl methyl sites for hydroxylation is 2. The van der Waals surface area contributed by atoms with Gasteiger partial charge in [-0.25, -0.2) is 13.1 Å². The van der Waals surface area contributed by atoms with Crippen LogP contribution >= 0.6 is 11.6 Å². The molecular weight excluding hydrogens is 416 g/mol. The minimum absolute atomic E-state index is 0.0227. The molecule has 29 heavy (non-hydrogen) atoms. The summed E-state index contributed by atoms with van der Waals surface area (Å²) < 4.78 is 35.8. The molecular formula is C19H27ClN4O4S. The first-order valence-corrected chi connectivity index (χ1v) is 11.7. The predicted octanol–water partition coefficient (Wildman–Crippen LogP) is 2.16. The van der Waals surface area contributed by atoms with Crippen molar-refractivity contribution in [2.24, 2.45) is 0 Å². The van der Waals surface area contributed by atoms with Crippen molar-refractivity contribution in [3.63, 3.8) is 0 Å². The summed E-state index contributed by atoms with van der Waals surface area (Å²) in [5.74, 6) is 0. The number of halogens is 1. The van der Waals surface area contributed by atoms with E-state index in [1.807, 2.05) is 6.20 Å². The van der Waals surface area contributed by atoms with E-state index in [9.17, 15) is 13.5 Å². The smallest absolute Gasteiger partial charge is 0.242 e. The van der Waals surface area contributed by atoms with Gasteiger partial charge in [0.15, 0.2) is 0 Å². The van der Waals surface area contributed by atoms with Crippen molar-refractivity contribution in [2.45, 2.75) is 68.7 Å². The number of rotatable bonds is 9. The summed E-state index contributed by atoms with van der Waals surface area (Å²) in [7, 11) is -3.80. The Morgan fingerprint density at radius 1 is 1.34 bits per heavy atom. The van der Waals surface area contributed by atoms with Crippen molar-refractivity contribution >= 4 is 21.6 Å². The monoisotopic (exact) mass is 442 g/mol. The molecule has 0 saturated carbocycles. The van der Waals surface area contributed by atoms with Crippen LogP contribution in [-0.4, -0.2) is 53.4 Å². The average Bonchev–Trinajstić information content (AvgIpc) is 3.15. The van der Waals surface area contributed by atoms with Gasteiger partial charge in [-0.1, -0.05) is 42.3 Å². The molecule has 0 bridgehead atoms. The molecule has 1 aliphatic rings. The number of aliphatic hydroxyl groups is 1. The molecule has 0 radical (unpaired) electrons. The van der Waals surface area contributed by atoms with E-state index in [2.05, 4.69) is 22.0 Å². The van der Waals surface area contributed by atoms with Crippen LogP contribution in [0.4, 0.5) is 0 Å². The van der Waals surface area contributed by atoms with Gasteiger partial charge in [0.1, 0.15) is 4.90 Å². The van der Waals surface area contributed by atoms with E-state index in [0.717, 1.165) is 25.0 Å². The van der Waals surface area contributed by atoms with Crippen LogP contribution in [0.25, 0.3) is 0 Å². The van der Waals surface area contributed by atoms with Gasteiger partial charge in [0.25, 0.3) is 0 Å². The number of ether oxygens (including phenoxy) is 1. The summed E-state index contributed by atoms with van der Waals surface area (Å²) in [5, 5.41) is 18.1. The molecule has 0 amide bonds. The van der Waals surface area contributed by atoms with E-state index in [1.54, 1.807) is 16.8 Å². The van der Waals surface area contributed by atoms with Gasteiger partial charge in [-0.3, -0.25) is 4.68 Å². The summed E-state index contributed by atoms with van der Waals surface area (Å²) in [4.78, 5) is 0.0227. The van der Waals surface area contributed by atoms with Crippen LogP contribution in [0.5, 0.6) is 0 Å². The van der Waals surface area contributed by atoms with Gasteiger partial charge in [0.05, 0.1) is 35.6 Å². The molecule has 3 atom stereocenters. The maximum absolute atomic E-state index is 12.7. The Kier molecular flexibility index (Phi) is 7.64. The van der Waals surface area contributed by atoms with Crippen molar-refractivity contribution in [2.75, 3.05) is 6.61 Å². The maximum Gasteiger partial charge on any atom is 0.242 e. The SMILES string of the molecule is CCCc1cn(CC[C@H]2CC[C@H](NS(=O)(=O)c3ccccc3Cl)[C@@H](CO)O2)nn1. The van der Waals surface area contributed by atoms with Gasteiger partial charge < -0.3 is 9.84 Å². The molecule has 1 saturated heterocycles. The van der Waals surface area contributed by atoms with Crippen LogP contribution in [0.1, 0.15) is 38.3 Å². The Labute approximate surface area is 176 Å². The van der Waals surface area contributed by atoms with E-state index in [-0.39, 0.29) is 22.6 Å². The Morgan fingerprint density at radius 3 is 2.86 bits per heavy atom. The van der Waals surface area contributed by atoms with Crippen molar-refractivity contribution in [3.8, 4) is 0 Å². The fourth-order valence-electron chi connectivity index (χ4n) is 3.50. The number of hydrogen-bond acceptors (Lipinski definition) is 6. The number of nitrogens with zero attached hydrogens (tertiary/aromatic N) is 3. The zero-order valence-electron chi connectivity index (χ0n) is 16.4. The zero-order valence-corrected chi connectivity index (χ0v) is 17.9. The molecule has 0 spiro atoms. The Morgan fingerprint density at radius 2 is 2.14 bits per heavy atom. The Balaban J connectivity index is 1.57. The lowest BCUT2D eigenvalue weighted by molar-refractivity contribution is -0.0891. The lowest BCUT2D eigenvalue weighted by atomic mass is 9.98. The van der Waals surface area contributed by atoms with Crippen molar-refractivity contribution in [1.82, 2.24) is 19.7 Å². The predicted molar refractivity (Wildman–Crippen MR) is 109 cm³/mol. The minimum atomic E-state index is -3.80. The first kappa shape index (κ1) is 22.2. The molecule has 0 unspecified atom stereocenters. The second-order valence-corrected chi connectivity index (χ2v) is 9.32. The van der Waals surface area contributed by atoms with E-state index < -0.39 is 22.2 Å². The summed E-state index contributed by atoms with van der Waals surface area (Å²) in [6.07, 6.45) is 5.14. The van der Waals surface area contributed by atoms with Gasteiger partial charge in [-0.05, 0) is 37.8 Å². The highest BCUT2D eigenvalue weighted by atomic mass is 35.5. The Bertz CT molecular complexity index is 905. The second-order valence-electron chi connectivity index (χ2n) is 7.23. The molecule has 1 aliphatic heterocycles. The van der Waals surface area contributed by atoms with Gasteiger partial charge in [0.2, 0.25) is 10.0 Å². The minimum Gasteiger partial charge on any atom is -0.394 e. The highest BCUT2D eigenvalue weighted by Gasteiger charge is 2.34. The Hall–Kier alpha value is -1.52. The molecule has 1 aromatic carbocycles. The fourth-order valence-corrected chi connectivity index (χ4v) is 5.32. The number of aromatic nitrogens is 3. The third kappa shape index (κ3) is 5.76. The molecule has 2 N–H and O–H groups in total. The number of sulfonamides is 1. The summed E-state index contributed by atoms with van der Waals surface area (Å²) >= 11 is 6.03. The summed E-state index contributed by atoms with van der Waals surface area (Å²) in [5.41, 5.74) is 0.972. The molecule has 160 valence electrons. The van der Waals surface area contributed by atoms with E-state index >= 15 is 0 Å². The van der Waals surface area contributed by atoms with Gasteiger partial charge in [0, 0.05) is 12.7 Å². The quantitative estimate of drug-likeness (QED) is 0.616. The molecule has 1 aromatic heterocycles. The van der Waals surface area contributed by atoms with Gasteiger partial charge in [-0.2, -0.15) is 0 Å². The number of nitrogens with one attached hydrogen (secondary N) is 1. The van der Waals surface area contributed by atoms with Crippen LogP contribution in [0.15, 0.2) is 35.4 Å². The van der Waals surface area contributed by atoms with Gasteiger partial charge >= 0.3 is 0 Å². The van der Waals surface area contributed by atoms with Crippen molar-refractivity contribution < 1.29 is 18.3 Å². The topological polar surface area (TPSA) is 106 Å². The van der Waals surface area contributed by atoms with Crippen molar-refractivity contribution in [1.29, 1.82) is 0 Å². The third-order valence-corrected chi connectivity index (χ3v) is 6.99. The molecule has 1 fully saturated rings. The molecule has 2 aromatic rings. The molecule has 3 rings (SSSR count). The van der Waals surface area contributed by atoms with Gasteiger partial charge in [-0.15, -0.1) is 5.10 Å². The molecule has 10 heteroatoms. The largest absolute Gasteiger partial charge is 0.394 e. The van der Waals surface area contributed by atoms with Crippen LogP contribution < -0.4 is 4.72 Å². The van der Waals surface area contributed by atoms with Crippen LogP contribution in [0, 0.1) is 0 Å². The molecule has 0 aliphatic carbocycles. The number of benzene rings is 1. The molecule has 8 nitrogen and oxygen atoms in total. The summed E-state index contributed by atoms with van der Waals surface area (Å²) in [6.45, 7) is 2.49. The first-order chi connectivity index (χ1) is 13.9. The van der Waals surface area contributed by atoms with E-state index in [1.165, 1.54) is 12.1 Å². The normalized spacial score (nSPS) is 22.7. The van der Waals surface area contributed by atoms with E-state index in [0.29, 0.717) is 19.4 Å². The second kappa shape index (κ2) is 9.99. The highest BCUT2D eigenvalue weighted by Crippen LogP contribution is 2.26. The average molecular weight is 443 g/mol. The van der Waals surface area contributed by atoms with Crippen LogP contribution in [0.2, 0.25) is 5.02 Å². The maximum atomic E-state index is 12.7. The highest BCUT2D eigenvalue weighted by molar-refractivity contribution is 7.89. The standard InChI is InChI=1S/C19H27ClN4O4S/c1-2-5-14-12-24(23-21-14)11-10-15-8-9-17(18(13-25)28-15)22-29(26,27)19-7-4-3-6-16(19)20/h3-4,6-7,12,15,17-18,22,25H,2,5,8-11,13H2,1H3/t15-,17+,18-/m1/s1. The van der Waals surface area contributed by atoms with Crippen molar-refractivity contribution in [3.05, 3.63) is 41.2 Å². The first-order valence-electron chi connectivity index (χ1n) is 9.85. The zero-order chi connectivity index (χ0) is 20.9.